The summed E-state index contributed by atoms with van der Waals surface area (Å²) in [5.41, 5.74) is 1.76. The van der Waals surface area contributed by atoms with Crippen LogP contribution in [0.4, 0.5) is 5.69 Å². The molecule has 0 aliphatic carbocycles. The number of hydrogen-bond donors (Lipinski definition) is 1. The van der Waals surface area contributed by atoms with Crippen LogP contribution in [0.5, 0.6) is 0 Å². The van der Waals surface area contributed by atoms with Crippen LogP contribution < -0.4 is 10.2 Å². The number of piperazine rings is 1. The van der Waals surface area contributed by atoms with E-state index in [4.69, 9.17) is 0 Å². The zero-order valence-corrected chi connectivity index (χ0v) is 12.7. The summed E-state index contributed by atoms with van der Waals surface area (Å²) in [6, 6.07) is 9.51. The zero-order valence-electron chi connectivity index (χ0n) is 12.7. The van der Waals surface area contributed by atoms with Crippen molar-refractivity contribution in [1.82, 2.24) is 10.2 Å². The highest BCUT2D eigenvalue weighted by Gasteiger charge is 2.22. The van der Waals surface area contributed by atoms with Crippen LogP contribution in [0.3, 0.4) is 0 Å². The van der Waals surface area contributed by atoms with Gasteiger partial charge in [0.2, 0.25) is 5.91 Å². The van der Waals surface area contributed by atoms with Gasteiger partial charge in [0.1, 0.15) is 12.1 Å². The number of nitrogens with zero attached hydrogens (tertiary/aromatic N) is 4. The molecule has 1 saturated heterocycles. The van der Waals surface area contributed by atoms with Crippen molar-refractivity contribution < 1.29 is 4.79 Å². The van der Waals surface area contributed by atoms with E-state index < -0.39 is 0 Å². The van der Waals surface area contributed by atoms with E-state index in [1.165, 1.54) is 0 Å². The third-order valence-corrected chi connectivity index (χ3v) is 3.71. The number of hydrogen-bond acceptors (Lipinski definition) is 5. The fourth-order valence-corrected chi connectivity index (χ4v) is 2.65. The van der Waals surface area contributed by atoms with Crippen molar-refractivity contribution in [3.8, 4) is 12.1 Å². The van der Waals surface area contributed by atoms with Gasteiger partial charge < -0.3 is 10.2 Å². The number of anilines is 1. The largest absolute Gasteiger partial charge is 0.367 e. The van der Waals surface area contributed by atoms with Crippen molar-refractivity contribution in [3.63, 3.8) is 0 Å². The first-order valence-electron chi connectivity index (χ1n) is 7.36. The second-order valence-electron chi connectivity index (χ2n) is 5.14. The molecule has 22 heavy (non-hydrogen) atoms. The van der Waals surface area contributed by atoms with E-state index in [1.54, 1.807) is 18.2 Å². The van der Waals surface area contributed by atoms with Gasteiger partial charge in [0.15, 0.2) is 0 Å². The lowest BCUT2D eigenvalue weighted by Crippen LogP contribution is -2.49. The Hall–Kier alpha value is -2.57. The molecule has 0 atom stereocenters. The smallest absolute Gasteiger partial charge is 0.234 e. The Bertz CT molecular complexity index is 588. The van der Waals surface area contributed by atoms with Gasteiger partial charge in [-0.2, -0.15) is 10.5 Å². The number of nitrogens with one attached hydrogen (secondary N) is 1. The first-order valence-corrected chi connectivity index (χ1v) is 7.36. The Morgan fingerprint density at radius 2 is 1.77 bits per heavy atom. The van der Waals surface area contributed by atoms with Crippen molar-refractivity contribution in [2.75, 3.05) is 44.2 Å². The Morgan fingerprint density at radius 3 is 2.27 bits per heavy atom. The summed E-state index contributed by atoms with van der Waals surface area (Å²) in [5.74, 6) is 0.0334. The molecule has 0 saturated carbocycles. The van der Waals surface area contributed by atoms with Gasteiger partial charge in [-0.25, -0.2) is 0 Å². The first-order chi connectivity index (χ1) is 10.7. The predicted molar refractivity (Wildman–Crippen MR) is 83.2 cm³/mol. The quantitative estimate of drug-likeness (QED) is 0.884. The summed E-state index contributed by atoms with van der Waals surface area (Å²) in [4.78, 5) is 15.8. The van der Waals surface area contributed by atoms with E-state index in [1.807, 2.05) is 6.92 Å². The summed E-state index contributed by atoms with van der Waals surface area (Å²) in [7, 11) is 0. The molecule has 0 radical (unpaired) electrons. The van der Waals surface area contributed by atoms with Gasteiger partial charge in [-0.15, -0.1) is 0 Å². The minimum Gasteiger partial charge on any atom is -0.367 e. The fourth-order valence-electron chi connectivity index (χ4n) is 2.65. The third kappa shape index (κ3) is 3.55. The molecule has 114 valence electrons. The van der Waals surface area contributed by atoms with Crippen LogP contribution >= 0.6 is 0 Å². The maximum absolute atomic E-state index is 11.6. The van der Waals surface area contributed by atoms with E-state index >= 15 is 0 Å². The highest BCUT2D eigenvalue weighted by atomic mass is 16.2. The number of carbonyl (C=O) groups is 1. The van der Waals surface area contributed by atoms with Crippen molar-refractivity contribution in [2.45, 2.75) is 6.92 Å². The average molecular weight is 297 g/mol. The monoisotopic (exact) mass is 297 g/mol. The molecule has 0 unspecified atom stereocenters. The molecule has 1 amide bonds. The Balaban J connectivity index is 2.05. The van der Waals surface area contributed by atoms with Crippen LogP contribution in [0.2, 0.25) is 0 Å². The van der Waals surface area contributed by atoms with Crippen molar-refractivity contribution in [1.29, 1.82) is 10.5 Å². The number of amides is 1. The molecule has 1 aliphatic heterocycles. The van der Waals surface area contributed by atoms with Crippen LogP contribution in [0, 0.1) is 22.7 Å². The van der Waals surface area contributed by atoms with Crippen LogP contribution in [0.1, 0.15) is 18.1 Å². The van der Waals surface area contributed by atoms with Crippen molar-refractivity contribution in [2.24, 2.45) is 0 Å². The third-order valence-electron chi connectivity index (χ3n) is 3.71. The maximum atomic E-state index is 11.6. The molecule has 1 fully saturated rings. The summed E-state index contributed by atoms with van der Waals surface area (Å²) in [6.07, 6.45) is 0. The van der Waals surface area contributed by atoms with E-state index in [0.717, 1.165) is 13.1 Å². The Morgan fingerprint density at radius 1 is 1.18 bits per heavy atom. The molecular weight excluding hydrogens is 278 g/mol. The second kappa shape index (κ2) is 7.44. The zero-order chi connectivity index (χ0) is 15.9. The standard InChI is InChI=1S/C16H19N5O/c1-2-19-15(22)12-20-6-8-21(9-7-20)16-13(10-17)4-3-5-14(16)11-18/h3-5H,2,6-9,12H2,1H3,(H,19,22). The SMILES string of the molecule is CCNC(=O)CN1CCN(c2c(C#N)cccc2C#N)CC1. The van der Waals surface area contributed by atoms with Crippen LogP contribution in [-0.2, 0) is 4.79 Å². The molecule has 1 aromatic carbocycles. The maximum Gasteiger partial charge on any atom is 0.234 e. The number of rotatable bonds is 4. The average Bonchev–Trinajstić information content (AvgIpc) is 2.55. The lowest BCUT2D eigenvalue weighted by molar-refractivity contribution is -0.122. The molecular formula is C16H19N5O. The summed E-state index contributed by atoms with van der Waals surface area (Å²) in [5, 5.41) is 21.3. The molecule has 6 heteroatoms. The van der Waals surface area contributed by atoms with Crippen LogP contribution in [0.25, 0.3) is 0 Å². The van der Waals surface area contributed by atoms with Crippen molar-refractivity contribution >= 4 is 11.6 Å². The summed E-state index contributed by atoms with van der Waals surface area (Å²) >= 11 is 0. The first kappa shape index (κ1) is 15.8. The van der Waals surface area contributed by atoms with E-state index in [9.17, 15) is 15.3 Å². The highest BCUT2D eigenvalue weighted by molar-refractivity contribution is 5.78. The van der Waals surface area contributed by atoms with Gasteiger partial charge in [0.05, 0.1) is 23.4 Å². The number of likely N-dealkylation sites (N-methyl/N-ethyl adjacent to an activating group) is 1. The Labute approximate surface area is 130 Å². The topological polar surface area (TPSA) is 83.2 Å². The Kier molecular flexibility index (Phi) is 5.35. The fraction of sp³-hybridized carbons (Fsp3) is 0.438. The number of benzene rings is 1. The van der Waals surface area contributed by atoms with Crippen molar-refractivity contribution in [3.05, 3.63) is 29.3 Å². The van der Waals surface area contributed by atoms with Gasteiger partial charge in [-0.05, 0) is 19.1 Å². The molecule has 0 spiro atoms. The molecule has 1 N–H and O–H groups in total. The second-order valence-corrected chi connectivity index (χ2v) is 5.14. The van der Waals surface area contributed by atoms with Crippen LogP contribution in [0.15, 0.2) is 18.2 Å². The summed E-state index contributed by atoms with van der Waals surface area (Å²) < 4.78 is 0. The van der Waals surface area contributed by atoms with Gasteiger partial charge in [0.25, 0.3) is 0 Å². The minimum absolute atomic E-state index is 0.0334. The molecule has 6 nitrogen and oxygen atoms in total. The van der Waals surface area contributed by atoms with Gasteiger partial charge >= 0.3 is 0 Å². The van der Waals surface area contributed by atoms with Gasteiger partial charge in [-0.3, -0.25) is 9.69 Å². The lowest BCUT2D eigenvalue weighted by Gasteiger charge is -2.36. The molecule has 1 heterocycles. The number of carbonyl (C=O) groups excluding carboxylic acids is 1. The number of nitriles is 2. The van der Waals surface area contributed by atoms with Gasteiger partial charge in [0, 0.05) is 32.7 Å². The molecule has 0 aromatic heterocycles. The van der Waals surface area contributed by atoms with Crippen LogP contribution in [-0.4, -0.2) is 50.1 Å². The lowest BCUT2D eigenvalue weighted by atomic mass is 10.1. The molecule has 0 bridgehead atoms. The van der Waals surface area contributed by atoms with E-state index in [0.29, 0.717) is 43.0 Å². The number of para-hydroxylation sites is 1. The summed E-state index contributed by atoms with van der Waals surface area (Å²) in [6.45, 7) is 5.81. The highest BCUT2D eigenvalue weighted by Crippen LogP contribution is 2.25. The predicted octanol–water partition coefficient (Wildman–Crippen LogP) is 0.688. The van der Waals surface area contributed by atoms with Gasteiger partial charge in [-0.1, -0.05) is 6.07 Å². The van der Waals surface area contributed by atoms with E-state index in [-0.39, 0.29) is 5.91 Å². The normalized spacial score (nSPS) is 15.0. The molecule has 1 aliphatic rings. The van der Waals surface area contributed by atoms with E-state index in [2.05, 4.69) is 27.3 Å². The molecule has 2 rings (SSSR count). The molecule has 1 aromatic rings. The minimum atomic E-state index is 0.0334.